The molecule has 1 aromatic heterocycles. The van der Waals surface area contributed by atoms with Crippen LogP contribution in [0.25, 0.3) is 10.9 Å². The Morgan fingerprint density at radius 1 is 1.29 bits per heavy atom. The molecule has 3 rings (SSSR count). The summed E-state index contributed by atoms with van der Waals surface area (Å²) in [5, 5.41) is 0.587. The largest absolute Gasteiger partial charge is 0.492 e. The van der Waals surface area contributed by atoms with Gasteiger partial charge in [-0.3, -0.25) is 9.69 Å². The lowest BCUT2D eigenvalue weighted by Gasteiger charge is -2.32. The van der Waals surface area contributed by atoms with Gasteiger partial charge < -0.3 is 14.6 Å². The highest BCUT2D eigenvalue weighted by Gasteiger charge is 2.13. The van der Waals surface area contributed by atoms with Gasteiger partial charge in [-0.25, -0.2) is 4.98 Å². The first-order valence-corrected chi connectivity index (χ1v) is 7.23. The van der Waals surface area contributed by atoms with Gasteiger partial charge in [0.2, 0.25) is 0 Å². The molecule has 1 aliphatic rings. The van der Waals surface area contributed by atoms with E-state index in [4.69, 9.17) is 4.74 Å². The monoisotopic (exact) mass is 288 g/mol. The maximum absolute atomic E-state index is 11.6. The first-order valence-electron chi connectivity index (χ1n) is 7.23. The molecule has 0 bridgehead atoms. The van der Waals surface area contributed by atoms with Crippen molar-refractivity contribution in [2.75, 3.05) is 46.4 Å². The molecule has 0 radical (unpaired) electrons. The number of fused-ring (bicyclic) bond motifs is 1. The second kappa shape index (κ2) is 6.24. The lowest BCUT2D eigenvalue weighted by atomic mass is 10.2. The van der Waals surface area contributed by atoms with Gasteiger partial charge in [0, 0.05) is 38.8 Å². The Morgan fingerprint density at radius 3 is 2.90 bits per heavy atom. The smallest absolute Gasteiger partial charge is 0.258 e. The third kappa shape index (κ3) is 3.40. The summed E-state index contributed by atoms with van der Waals surface area (Å²) in [4.78, 5) is 23.1. The number of aromatic nitrogens is 2. The van der Waals surface area contributed by atoms with Gasteiger partial charge in [0.1, 0.15) is 12.4 Å². The summed E-state index contributed by atoms with van der Waals surface area (Å²) >= 11 is 0. The van der Waals surface area contributed by atoms with Crippen LogP contribution in [0.15, 0.2) is 29.3 Å². The average molecular weight is 288 g/mol. The highest BCUT2D eigenvalue weighted by molar-refractivity contribution is 5.78. The zero-order valence-electron chi connectivity index (χ0n) is 12.2. The molecular formula is C15H20N4O2. The minimum Gasteiger partial charge on any atom is -0.492 e. The Hall–Kier alpha value is -1.92. The zero-order chi connectivity index (χ0) is 14.7. The molecule has 0 atom stereocenters. The van der Waals surface area contributed by atoms with Gasteiger partial charge in [-0.05, 0) is 19.2 Å². The lowest BCUT2D eigenvalue weighted by molar-refractivity contribution is 0.134. The number of hydrogen-bond donors (Lipinski definition) is 1. The molecule has 1 aliphatic heterocycles. The van der Waals surface area contributed by atoms with Crippen molar-refractivity contribution >= 4 is 10.9 Å². The number of aromatic amines is 1. The van der Waals surface area contributed by atoms with Crippen molar-refractivity contribution in [1.82, 2.24) is 19.8 Å². The highest BCUT2D eigenvalue weighted by Crippen LogP contribution is 2.16. The molecular weight excluding hydrogens is 268 g/mol. The SMILES string of the molecule is CN1CCN(CCOc2ccc3c(=O)[nH]cnc3c2)CC1. The number of benzene rings is 1. The summed E-state index contributed by atoms with van der Waals surface area (Å²) in [5.41, 5.74) is 0.542. The fourth-order valence-corrected chi connectivity index (χ4v) is 2.50. The molecule has 112 valence electrons. The van der Waals surface area contributed by atoms with Crippen molar-refractivity contribution in [2.24, 2.45) is 0 Å². The van der Waals surface area contributed by atoms with E-state index in [0.29, 0.717) is 17.5 Å². The van der Waals surface area contributed by atoms with Crippen molar-refractivity contribution in [2.45, 2.75) is 0 Å². The number of hydrogen-bond acceptors (Lipinski definition) is 5. The second-order valence-electron chi connectivity index (χ2n) is 5.40. The Kier molecular flexibility index (Phi) is 4.17. The molecule has 1 fully saturated rings. The van der Waals surface area contributed by atoms with Gasteiger partial charge in [-0.2, -0.15) is 0 Å². The minimum absolute atomic E-state index is 0.121. The van der Waals surface area contributed by atoms with Crippen LogP contribution in [0.1, 0.15) is 0 Å². The molecule has 2 heterocycles. The Morgan fingerprint density at radius 2 is 2.10 bits per heavy atom. The average Bonchev–Trinajstić information content (AvgIpc) is 2.49. The number of likely N-dealkylation sites (N-methyl/N-ethyl adjacent to an activating group) is 1. The van der Waals surface area contributed by atoms with E-state index in [9.17, 15) is 4.79 Å². The van der Waals surface area contributed by atoms with Crippen LogP contribution in [0.5, 0.6) is 5.75 Å². The standard InChI is InChI=1S/C15H20N4O2/c1-18-4-6-19(7-5-18)8-9-21-12-2-3-13-14(10-12)16-11-17-15(13)20/h2-3,10-11H,4-9H2,1H3,(H,16,17,20). The van der Waals surface area contributed by atoms with Gasteiger partial charge in [-0.1, -0.05) is 0 Å². The summed E-state index contributed by atoms with van der Waals surface area (Å²) in [6, 6.07) is 5.39. The summed E-state index contributed by atoms with van der Waals surface area (Å²) in [6.07, 6.45) is 1.42. The van der Waals surface area contributed by atoms with Crippen LogP contribution in [0.4, 0.5) is 0 Å². The molecule has 6 nitrogen and oxygen atoms in total. The summed E-state index contributed by atoms with van der Waals surface area (Å²) < 4.78 is 5.78. The Balaban J connectivity index is 1.57. The molecule has 2 aromatic rings. The predicted molar refractivity (Wildman–Crippen MR) is 81.8 cm³/mol. The van der Waals surface area contributed by atoms with Crippen molar-refractivity contribution in [3.63, 3.8) is 0 Å². The first-order chi connectivity index (χ1) is 10.2. The minimum atomic E-state index is -0.121. The fraction of sp³-hybridized carbons (Fsp3) is 0.467. The van der Waals surface area contributed by atoms with Crippen LogP contribution in [0, 0.1) is 0 Å². The van der Waals surface area contributed by atoms with Crippen molar-refractivity contribution in [3.05, 3.63) is 34.9 Å². The first kappa shape index (κ1) is 14.0. The Bertz CT molecular complexity index is 662. The van der Waals surface area contributed by atoms with E-state index < -0.39 is 0 Å². The van der Waals surface area contributed by atoms with Gasteiger partial charge in [0.25, 0.3) is 5.56 Å². The normalized spacial score (nSPS) is 17.2. The van der Waals surface area contributed by atoms with Crippen LogP contribution in [-0.4, -0.2) is 66.1 Å². The zero-order valence-corrected chi connectivity index (χ0v) is 12.2. The van der Waals surface area contributed by atoms with Crippen molar-refractivity contribution in [3.8, 4) is 5.75 Å². The maximum atomic E-state index is 11.6. The van der Waals surface area contributed by atoms with Gasteiger partial charge in [-0.15, -0.1) is 0 Å². The third-order valence-electron chi connectivity index (χ3n) is 3.89. The molecule has 1 aromatic carbocycles. The van der Waals surface area contributed by atoms with Crippen LogP contribution < -0.4 is 10.3 Å². The van der Waals surface area contributed by atoms with Crippen molar-refractivity contribution < 1.29 is 4.74 Å². The van der Waals surface area contributed by atoms with Crippen LogP contribution in [0.2, 0.25) is 0 Å². The molecule has 0 spiro atoms. The third-order valence-corrected chi connectivity index (χ3v) is 3.89. The number of nitrogens with zero attached hydrogens (tertiary/aromatic N) is 3. The number of ether oxygens (including phenoxy) is 1. The molecule has 21 heavy (non-hydrogen) atoms. The van der Waals surface area contributed by atoms with E-state index in [1.165, 1.54) is 6.33 Å². The molecule has 1 saturated heterocycles. The molecule has 1 N–H and O–H groups in total. The second-order valence-corrected chi connectivity index (χ2v) is 5.40. The van der Waals surface area contributed by atoms with Gasteiger partial charge in [0.05, 0.1) is 17.2 Å². The molecule has 0 amide bonds. The van der Waals surface area contributed by atoms with E-state index >= 15 is 0 Å². The van der Waals surface area contributed by atoms with E-state index in [1.54, 1.807) is 6.07 Å². The Labute approximate surface area is 123 Å². The topological polar surface area (TPSA) is 61.5 Å². The summed E-state index contributed by atoms with van der Waals surface area (Å²) in [6.45, 7) is 5.99. The summed E-state index contributed by atoms with van der Waals surface area (Å²) in [5.74, 6) is 0.759. The number of piperazine rings is 1. The lowest BCUT2D eigenvalue weighted by Crippen LogP contribution is -2.45. The van der Waals surface area contributed by atoms with Gasteiger partial charge in [0.15, 0.2) is 0 Å². The van der Waals surface area contributed by atoms with E-state index in [0.717, 1.165) is 38.5 Å². The molecule has 0 unspecified atom stereocenters. The van der Waals surface area contributed by atoms with E-state index in [-0.39, 0.29) is 5.56 Å². The number of H-pyrrole nitrogens is 1. The predicted octanol–water partition coefficient (Wildman–Crippen LogP) is 0.549. The maximum Gasteiger partial charge on any atom is 0.258 e. The highest BCUT2D eigenvalue weighted by atomic mass is 16.5. The van der Waals surface area contributed by atoms with E-state index in [1.807, 2.05) is 12.1 Å². The summed E-state index contributed by atoms with van der Waals surface area (Å²) in [7, 11) is 2.15. The van der Waals surface area contributed by atoms with Crippen LogP contribution in [-0.2, 0) is 0 Å². The van der Waals surface area contributed by atoms with Crippen molar-refractivity contribution in [1.29, 1.82) is 0 Å². The van der Waals surface area contributed by atoms with E-state index in [2.05, 4.69) is 26.8 Å². The van der Waals surface area contributed by atoms with Crippen LogP contribution >= 0.6 is 0 Å². The molecule has 6 heteroatoms. The van der Waals surface area contributed by atoms with Crippen LogP contribution in [0.3, 0.4) is 0 Å². The number of rotatable bonds is 4. The fourth-order valence-electron chi connectivity index (χ4n) is 2.50. The number of nitrogens with one attached hydrogen (secondary N) is 1. The van der Waals surface area contributed by atoms with Gasteiger partial charge >= 0.3 is 0 Å². The molecule has 0 saturated carbocycles. The quantitative estimate of drug-likeness (QED) is 0.890. The molecule has 0 aliphatic carbocycles.